The lowest BCUT2D eigenvalue weighted by atomic mass is 10.8. The van der Waals surface area contributed by atoms with Crippen molar-refractivity contribution in [2.45, 2.75) is 0 Å². The summed E-state index contributed by atoms with van der Waals surface area (Å²) in [6.45, 7) is 1.09. The zero-order valence-corrected chi connectivity index (χ0v) is 5.24. The Morgan fingerprint density at radius 1 is 1.29 bits per heavy atom. The Balaban J connectivity index is 0.000000360. The molecule has 7 heavy (non-hydrogen) atoms. The van der Waals surface area contributed by atoms with Gasteiger partial charge in [0, 0.05) is 0 Å². The van der Waals surface area contributed by atoms with Crippen LogP contribution in [0.25, 0.3) is 0 Å². The molecule has 1 saturated heterocycles. The van der Waals surface area contributed by atoms with Gasteiger partial charge < -0.3 is 13.9 Å². The molecule has 0 saturated carbocycles. The second kappa shape index (κ2) is 3.58. The molecule has 3 nitrogen and oxygen atoms in total. The third-order valence-corrected chi connectivity index (χ3v) is 1.29. The van der Waals surface area contributed by atoms with Crippen molar-refractivity contribution in [2.24, 2.45) is 0 Å². The van der Waals surface area contributed by atoms with Crippen LogP contribution in [-0.4, -0.2) is 18.1 Å². The molecule has 1 heterocycles. The summed E-state index contributed by atoms with van der Waals surface area (Å²) in [5, 5.41) is 0. The van der Waals surface area contributed by atoms with Crippen molar-refractivity contribution in [3.05, 3.63) is 0 Å². The van der Waals surface area contributed by atoms with Gasteiger partial charge in [0.25, 0.3) is 0 Å². The second-order valence-electron chi connectivity index (χ2n) is 0.904. The molecular weight excluding hydrogens is 138 g/mol. The molecule has 1 N–H and O–H groups in total. The van der Waals surface area contributed by atoms with Crippen LogP contribution < -0.4 is 0 Å². The largest absolute Gasteiger partial charge is 0.330 e. The van der Waals surface area contributed by atoms with E-state index in [0.717, 1.165) is 0 Å². The van der Waals surface area contributed by atoms with Gasteiger partial charge in [-0.25, -0.2) is 0 Å². The van der Waals surface area contributed by atoms with Crippen LogP contribution in [0.15, 0.2) is 0 Å². The molecule has 1 fully saturated rings. The van der Waals surface area contributed by atoms with Gasteiger partial charge in [-0.1, -0.05) is 0 Å². The minimum atomic E-state index is -1.47. The molecule has 0 atom stereocenters. The van der Waals surface area contributed by atoms with Crippen LogP contribution in [0.5, 0.6) is 0 Å². The van der Waals surface area contributed by atoms with Crippen LogP contribution in [0.1, 0.15) is 0 Å². The molecule has 44 valence electrons. The molecule has 0 aliphatic carbocycles. The van der Waals surface area contributed by atoms with E-state index in [9.17, 15) is 0 Å². The summed E-state index contributed by atoms with van der Waals surface area (Å²) < 4.78 is 9.10. The Bertz CT molecular complexity index is 46.2. The molecule has 0 aromatic heterocycles. The summed E-state index contributed by atoms with van der Waals surface area (Å²) in [6.07, 6.45) is 0. The summed E-state index contributed by atoms with van der Waals surface area (Å²) >= 11 is 0. The molecule has 0 aromatic carbocycles. The Morgan fingerprint density at radius 3 is 1.86 bits per heavy atom. The van der Waals surface area contributed by atoms with Crippen molar-refractivity contribution in [1.82, 2.24) is 0 Å². The number of hydrogen-bond donors (Lipinski definition) is 1. The molecule has 5 heteroatoms. The summed E-state index contributed by atoms with van der Waals surface area (Å²) in [6, 6.07) is 0. The molecule has 0 radical (unpaired) electrons. The predicted molar refractivity (Wildman–Crippen MR) is 28.3 cm³/mol. The van der Waals surface area contributed by atoms with E-state index in [1.807, 2.05) is 0 Å². The van der Waals surface area contributed by atoms with Crippen LogP contribution in [0, 0.1) is 0 Å². The van der Waals surface area contributed by atoms with E-state index in [1.54, 1.807) is 0 Å². The van der Waals surface area contributed by atoms with Gasteiger partial charge in [0.05, 0.1) is 13.2 Å². The minimum absolute atomic E-state index is 0. The van der Waals surface area contributed by atoms with Gasteiger partial charge in [0.2, 0.25) is 0 Å². The van der Waals surface area contributed by atoms with Crippen molar-refractivity contribution in [3.8, 4) is 0 Å². The first-order valence-electron chi connectivity index (χ1n) is 1.64. The quantitative estimate of drug-likeness (QED) is 0.508. The van der Waals surface area contributed by atoms with E-state index in [4.69, 9.17) is 4.89 Å². The normalized spacial score (nSPS) is 21.9. The lowest BCUT2D eigenvalue weighted by Crippen LogP contribution is -1.79. The third-order valence-electron chi connectivity index (χ3n) is 0.487. The van der Waals surface area contributed by atoms with Gasteiger partial charge in [0.15, 0.2) is 0 Å². The molecular formula is C2H6ClO3P. The predicted octanol–water partition coefficient (Wildman–Crippen LogP) is 0.674. The van der Waals surface area contributed by atoms with Gasteiger partial charge >= 0.3 is 8.60 Å². The second-order valence-corrected chi connectivity index (χ2v) is 1.90. The standard InChI is InChI=1S/C2H5O3P.ClH/c3-6-4-1-2-5-6;/h3H,1-2H2;1H. The van der Waals surface area contributed by atoms with Gasteiger partial charge in [-0.3, -0.25) is 0 Å². The number of rotatable bonds is 0. The van der Waals surface area contributed by atoms with Crippen molar-refractivity contribution in [3.63, 3.8) is 0 Å². The summed E-state index contributed by atoms with van der Waals surface area (Å²) in [5.74, 6) is 0. The number of halogens is 1. The Morgan fingerprint density at radius 2 is 1.71 bits per heavy atom. The first-order valence-corrected chi connectivity index (χ1v) is 2.77. The molecule has 1 rings (SSSR count). The molecule has 0 aromatic rings. The van der Waals surface area contributed by atoms with Crippen LogP contribution in [0.2, 0.25) is 0 Å². The Kier molecular flexibility index (Phi) is 3.89. The molecule has 0 unspecified atom stereocenters. The van der Waals surface area contributed by atoms with E-state index in [2.05, 4.69) is 9.05 Å². The maximum atomic E-state index is 8.35. The lowest BCUT2D eigenvalue weighted by Gasteiger charge is -1.90. The van der Waals surface area contributed by atoms with Crippen LogP contribution >= 0.6 is 21.0 Å². The van der Waals surface area contributed by atoms with E-state index in [1.165, 1.54) is 0 Å². The average molecular weight is 144 g/mol. The van der Waals surface area contributed by atoms with Crippen molar-refractivity contribution in [1.29, 1.82) is 0 Å². The van der Waals surface area contributed by atoms with E-state index in [0.29, 0.717) is 13.2 Å². The lowest BCUT2D eigenvalue weighted by molar-refractivity contribution is 0.347. The van der Waals surface area contributed by atoms with Crippen molar-refractivity contribution in [2.75, 3.05) is 13.2 Å². The molecule has 0 amide bonds. The zero-order valence-electron chi connectivity index (χ0n) is 3.53. The fourth-order valence-electron chi connectivity index (χ4n) is 0.268. The summed E-state index contributed by atoms with van der Waals surface area (Å²) in [5.41, 5.74) is 0. The average Bonchev–Trinajstić information content (AvgIpc) is 1.86. The third kappa shape index (κ3) is 2.42. The summed E-state index contributed by atoms with van der Waals surface area (Å²) in [7, 11) is -1.47. The van der Waals surface area contributed by atoms with Gasteiger partial charge in [-0.15, -0.1) is 12.4 Å². The zero-order chi connectivity index (χ0) is 4.41. The van der Waals surface area contributed by atoms with E-state index < -0.39 is 8.60 Å². The molecule has 0 bridgehead atoms. The van der Waals surface area contributed by atoms with Crippen LogP contribution in [0.3, 0.4) is 0 Å². The highest BCUT2D eigenvalue weighted by Crippen LogP contribution is 2.36. The smallest absolute Gasteiger partial charge is 0.328 e. The maximum Gasteiger partial charge on any atom is 0.330 e. The topological polar surface area (TPSA) is 38.7 Å². The fraction of sp³-hybridized carbons (Fsp3) is 1.00. The van der Waals surface area contributed by atoms with Gasteiger partial charge in [-0.05, 0) is 0 Å². The van der Waals surface area contributed by atoms with Crippen LogP contribution in [0.4, 0.5) is 0 Å². The minimum Gasteiger partial charge on any atom is -0.328 e. The van der Waals surface area contributed by atoms with Crippen LogP contribution in [-0.2, 0) is 9.05 Å². The first-order chi connectivity index (χ1) is 2.89. The van der Waals surface area contributed by atoms with Crippen molar-refractivity contribution >= 4 is 21.0 Å². The van der Waals surface area contributed by atoms with Gasteiger partial charge in [0.1, 0.15) is 0 Å². The first kappa shape index (κ1) is 7.60. The molecule has 1 aliphatic rings. The monoisotopic (exact) mass is 144 g/mol. The van der Waals surface area contributed by atoms with Crippen molar-refractivity contribution < 1.29 is 13.9 Å². The van der Waals surface area contributed by atoms with E-state index in [-0.39, 0.29) is 12.4 Å². The van der Waals surface area contributed by atoms with Gasteiger partial charge in [-0.2, -0.15) is 0 Å². The fourth-order valence-corrected chi connectivity index (χ4v) is 0.804. The Hall–Kier alpha value is 0.600. The summed E-state index contributed by atoms with van der Waals surface area (Å²) in [4.78, 5) is 8.35. The maximum absolute atomic E-state index is 8.35. The molecule has 0 spiro atoms. The van der Waals surface area contributed by atoms with E-state index >= 15 is 0 Å². The Labute approximate surface area is 49.0 Å². The highest BCUT2D eigenvalue weighted by molar-refractivity contribution is 7.40. The highest BCUT2D eigenvalue weighted by atomic mass is 35.5. The SMILES string of the molecule is Cl.OP1OCCO1. The number of hydrogen-bond acceptors (Lipinski definition) is 3. The highest BCUT2D eigenvalue weighted by Gasteiger charge is 2.12. The molecule has 1 aliphatic heterocycles.